The zero-order valence-corrected chi connectivity index (χ0v) is 18.0. The number of nitrogens with two attached hydrogens (primary N) is 2. The summed E-state index contributed by atoms with van der Waals surface area (Å²) in [5, 5.41) is 5.69. The van der Waals surface area contributed by atoms with Crippen molar-refractivity contribution in [1.82, 2.24) is 19.6 Å². The van der Waals surface area contributed by atoms with Gasteiger partial charge in [0.2, 0.25) is 5.91 Å². The quantitative estimate of drug-likeness (QED) is 0.420. The van der Waals surface area contributed by atoms with Gasteiger partial charge in [-0.25, -0.2) is 9.97 Å². The van der Waals surface area contributed by atoms with Crippen molar-refractivity contribution in [2.24, 2.45) is 11.5 Å². The van der Waals surface area contributed by atoms with Gasteiger partial charge in [-0.05, 0) is 36.2 Å². The highest BCUT2D eigenvalue weighted by Crippen LogP contribution is 2.30. The smallest absolute Gasteiger partial charge is 0.234 e. The second-order valence-electron chi connectivity index (χ2n) is 7.73. The fourth-order valence-corrected chi connectivity index (χ4v) is 3.87. The highest BCUT2D eigenvalue weighted by atomic mass is 16.5. The standard InChI is InChI=1S/C25H22N6O2/c1-33-17-9-6-8-16(13-17)23-29-25-19-11-4-5-12-21(19)28-24(31(25)30-23)18-10-3-2-7-15(18)14-20(26)22(27)32/h2-13,20H,14,26H2,1H3,(H2,27,32)/t20-/m1/s1. The Morgan fingerprint density at radius 3 is 2.64 bits per heavy atom. The molecule has 2 heterocycles. The summed E-state index contributed by atoms with van der Waals surface area (Å²) in [5.41, 5.74) is 15.3. The number of carbonyl (C=O) groups excluding carboxylic acids is 1. The molecule has 4 N–H and O–H groups in total. The first-order valence-electron chi connectivity index (χ1n) is 10.5. The van der Waals surface area contributed by atoms with Crippen molar-refractivity contribution in [2.45, 2.75) is 12.5 Å². The molecule has 33 heavy (non-hydrogen) atoms. The molecule has 3 aromatic carbocycles. The monoisotopic (exact) mass is 438 g/mol. The van der Waals surface area contributed by atoms with Crippen molar-refractivity contribution in [3.05, 3.63) is 78.4 Å². The minimum atomic E-state index is -0.801. The van der Waals surface area contributed by atoms with Gasteiger partial charge < -0.3 is 16.2 Å². The number of benzene rings is 3. The zero-order chi connectivity index (χ0) is 22.9. The predicted molar refractivity (Wildman–Crippen MR) is 127 cm³/mol. The summed E-state index contributed by atoms with van der Waals surface area (Å²) < 4.78 is 7.10. The van der Waals surface area contributed by atoms with E-state index in [9.17, 15) is 4.79 Å². The highest BCUT2D eigenvalue weighted by molar-refractivity contribution is 5.93. The Labute approximate surface area is 189 Å². The van der Waals surface area contributed by atoms with Crippen LogP contribution in [0.5, 0.6) is 5.75 Å². The van der Waals surface area contributed by atoms with E-state index in [4.69, 9.17) is 31.3 Å². The van der Waals surface area contributed by atoms with Gasteiger partial charge in [-0.15, -0.1) is 5.10 Å². The largest absolute Gasteiger partial charge is 0.497 e. The number of ether oxygens (including phenoxy) is 1. The Morgan fingerprint density at radius 2 is 1.82 bits per heavy atom. The molecule has 1 atom stereocenters. The lowest BCUT2D eigenvalue weighted by molar-refractivity contribution is -0.119. The van der Waals surface area contributed by atoms with Crippen LogP contribution in [-0.2, 0) is 11.2 Å². The van der Waals surface area contributed by atoms with E-state index in [1.807, 2.05) is 72.8 Å². The Hall–Kier alpha value is -4.30. The van der Waals surface area contributed by atoms with Crippen LogP contribution in [0.2, 0.25) is 0 Å². The van der Waals surface area contributed by atoms with Crippen LogP contribution in [0.15, 0.2) is 72.8 Å². The topological polar surface area (TPSA) is 121 Å². The first-order valence-corrected chi connectivity index (χ1v) is 10.5. The van der Waals surface area contributed by atoms with Crippen molar-refractivity contribution in [3.63, 3.8) is 0 Å². The Bertz CT molecular complexity index is 1490. The van der Waals surface area contributed by atoms with Gasteiger partial charge in [0.05, 0.1) is 18.7 Å². The molecule has 0 spiro atoms. The molecule has 8 heteroatoms. The molecule has 5 aromatic rings. The molecule has 0 fully saturated rings. The van der Waals surface area contributed by atoms with Gasteiger partial charge in [-0.1, -0.05) is 48.5 Å². The summed E-state index contributed by atoms with van der Waals surface area (Å²) in [6.45, 7) is 0. The minimum absolute atomic E-state index is 0.291. The van der Waals surface area contributed by atoms with Crippen molar-refractivity contribution in [1.29, 1.82) is 0 Å². The van der Waals surface area contributed by atoms with E-state index in [0.717, 1.165) is 33.3 Å². The van der Waals surface area contributed by atoms with Crippen LogP contribution < -0.4 is 16.2 Å². The molecule has 0 saturated carbocycles. The van der Waals surface area contributed by atoms with Crippen LogP contribution in [-0.4, -0.2) is 38.6 Å². The fourth-order valence-electron chi connectivity index (χ4n) is 3.87. The van der Waals surface area contributed by atoms with Gasteiger partial charge >= 0.3 is 0 Å². The molecule has 8 nitrogen and oxygen atoms in total. The van der Waals surface area contributed by atoms with Crippen molar-refractivity contribution in [2.75, 3.05) is 7.11 Å². The summed E-state index contributed by atoms with van der Waals surface area (Å²) in [6.07, 6.45) is 0.291. The number of amides is 1. The van der Waals surface area contributed by atoms with Gasteiger partial charge in [0.1, 0.15) is 5.75 Å². The average molecular weight is 438 g/mol. The van der Waals surface area contributed by atoms with E-state index in [-0.39, 0.29) is 0 Å². The number of fused-ring (bicyclic) bond motifs is 3. The maximum Gasteiger partial charge on any atom is 0.234 e. The molecule has 0 unspecified atom stereocenters. The van der Waals surface area contributed by atoms with Gasteiger partial charge in [0, 0.05) is 16.5 Å². The summed E-state index contributed by atoms with van der Waals surface area (Å²) in [6, 6.07) is 22.3. The summed E-state index contributed by atoms with van der Waals surface area (Å²) >= 11 is 0. The maximum atomic E-state index is 11.6. The molecular formula is C25H22N6O2. The van der Waals surface area contributed by atoms with Gasteiger partial charge in [-0.3, -0.25) is 4.79 Å². The summed E-state index contributed by atoms with van der Waals surface area (Å²) in [4.78, 5) is 21.3. The first kappa shape index (κ1) is 20.6. The lowest BCUT2D eigenvalue weighted by Crippen LogP contribution is -2.38. The first-order chi connectivity index (χ1) is 16.0. The number of rotatable bonds is 6. The number of methoxy groups -OCH3 is 1. The summed E-state index contributed by atoms with van der Waals surface area (Å²) in [7, 11) is 1.62. The van der Waals surface area contributed by atoms with Crippen LogP contribution in [0.4, 0.5) is 0 Å². The number of aromatic nitrogens is 4. The van der Waals surface area contributed by atoms with E-state index in [0.29, 0.717) is 23.7 Å². The van der Waals surface area contributed by atoms with E-state index in [2.05, 4.69) is 0 Å². The molecule has 1 amide bonds. The molecule has 0 bridgehead atoms. The predicted octanol–water partition coefficient (Wildman–Crippen LogP) is 2.98. The van der Waals surface area contributed by atoms with E-state index < -0.39 is 11.9 Å². The third-order valence-corrected chi connectivity index (χ3v) is 5.57. The molecule has 0 saturated heterocycles. The number of primary amides is 1. The SMILES string of the molecule is COc1cccc(-c2nc3c4ccccc4nc(-c4ccccc4C[C@@H](N)C(N)=O)n3n2)c1. The van der Waals surface area contributed by atoms with Crippen molar-refractivity contribution in [3.8, 4) is 28.5 Å². The molecule has 2 aromatic heterocycles. The van der Waals surface area contributed by atoms with E-state index >= 15 is 0 Å². The number of para-hydroxylation sites is 1. The third kappa shape index (κ3) is 3.77. The molecule has 0 aliphatic heterocycles. The van der Waals surface area contributed by atoms with Crippen LogP contribution in [0.3, 0.4) is 0 Å². The molecule has 0 aliphatic carbocycles. The molecule has 0 radical (unpaired) electrons. The molecule has 0 aliphatic rings. The normalized spacial score (nSPS) is 12.2. The van der Waals surface area contributed by atoms with Crippen LogP contribution in [0, 0.1) is 0 Å². The average Bonchev–Trinajstić information content (AvgIpc) is 3.30. The number of hydrogen-bond acceptors (Lipinski definition) is 6. The minimum Gasteiger partial charge on any atom is -0.497 e. The summed E-state index contributed by atoms with van der Waals surface area (Å²) in [5.74, 6) is 1.33. The number of hydrogen-bond donors (Lipinski definition) is 2. The van der Waals surface area contributed by atoms with Crippen molar-refractivity contribution < 1.29 is 9.53 Å². The Morgan fingerprint density at radius 1 is 1.03 bits per heavy atom. The van der Waals surface area contributed by atoms with Crippen LogP contribution in [0.1, 0.15) is 5.56 Å². The lowest BCUT2D eigenvalue weighted by Gasteiger charge is -2.13. The lowest BCUT2D eigenvalue weighted by atomic mass is 9.99. The van der Waals surface area contributed by atoms with E-state index in [1.54, 1.807) is 11.6 Å². The molecular weight excluding hydrogens is 416 g/mol. The third-order valence-electron chi connectivity index (χ3n) is 5.57. The van der Waals surface area contributed by atoms with Gasteiger partial charge in [0.15, 0.2) is 17.3 Å². The highest BCUT2D eigenvalue weighted by Gasteiger charge is 2.19. The van der Waals surface area contributed by atoms with Gasteiger partial charge in [0.25, 0.3) is 0 Å². The Balaban J connectivity index is 1.76. The molecule has 5 rings (SSSR count). The molecule has 164 valence electrons. The van der Waals surface area contributed by atoms with Crippen LogP contribution >= 0.6 is 0 Å². The van der Waals surface area contributed by atoms with Crippen LogP contribution in [0.25, 0.3) is 39.3 Å². The number of nitrogens with zero attached hydrogens (tertiary/aromatic N) is 4. The fraction of sp³-hybridized carbons (Fsp3) is 0.120. The van der Waals surface area contributed by atoms with E-state index in [1.165, 1.54) is 0 Å². The maximum absolute atomic E-state index is 11.6. The Kier molecular flexibility index (Phi) is 5.20. The van der Waals surface area contributed by atoms with Gasteiger partial charge in [-0.2, -0.15) is 4.52 Å². The second kappa shape index (κ2) is 8.33. The van der Waals surface area contributed by atoms with Crippen molar-refractivity contribution >= 4 is 22.5 Å². The zero-order valence-electron chi connectivity index (χ0n) is 18.0. The second-order valence-corrected chi connectivity index (χ2v) is 7.73. The number of carbonyl (C=O) groups is 1.